The van der Waals surface area contributed by atoms with Crippen LogP contribution >= 0.6 is 22.9 Å². The molecule has 5 nitrogen and oxygen atoms in total. The number of anilines is 3. The van der Waals surface area contributed by atoms with Crippen molar-refractivity contribution in [2.75, 3.05) is 10.2 Å². The molecule has 0 spiro atoms. The number of nitrogens with one attached hydrogen (secondary N) is 1. The summed E-state index contributed by atoms with van der Waals surface area (Å²) in [4.78, 5) is 30.1. The molecule has 0 aliphatic rings. The molecule has 0 unspecified atom stereocenters. The van der Waals surface area contributed by atoms with Crippen molar-refractivity contribution in [3.63, 3.8) is 0 Å². The van der Waals surface area contributed by atoms with Crippen LogP contribution in [0.3, 0.4) is 0 Å². The van der Waals surface area contributed by atoms with Crippen molar-refractivity contribution >= 4 is 57.3 Å². The van der Waals surface area contributed by atoms with Gasteiger partial charge in [0.05, 0.1) is 11.4 Å². The molecule has 2 aromatic carbocycles. The Morgan fingerprint density at radius 3 is 2.63 bits per heavy atom. The van der Waals surface area contributed by atoms with Crippen LogP contribution in [0.25, 0.3) is 6.08 Å². The van der Waals surface area contributed by atoms with E-state index in [9.17, 15) is 9.59 Å². The van der Waals surface area contributed by atoms with Crippen molar-refractivity contribution in [3.8, 4) is 0 Å². The molecule has 3 aromatic rings. The van der Waals surface area contributed by atoms with Gasteiger partial charge in [0.25, 0.3) is 0 Å². The molecule has 0 radical (unpaired) electrons. The maximum atomic E-state index is 12.1. The van der Waals surface area contributed by atoms with Crippen molar-refractivity contribution in [1.82, 2.24) is 4.98 Å². The molecule has 0 saturated carbocycles. The predicted octanol–water partition coefficient (Wildman–Crippen LogP) is 5.13. The highest BCUT2D eigenvalue weighted by Gasteiger charge is 2.17. The fourth-order valence-electron chi connectivity index (χ4n) is 2.37. The summed E-state index contributed by atoms with van der Waals surface area (Å²) >= 11 is 7.23. The molecular formula is C20H16ClN3O2S. The summed E-state index contributed by atoms with van der Waals surface area (Å²) in [7, 11) is 0. The van der Waals surface area contributed by atoms with Gasteiger partial charge in [-0.3, -0.25) is 14.5 Å². The highest BCUT2D eigenvalue weighted by Crippen LogP contribution is 2.29. The van der Waals surface area contributed by atoms with Crippen LogP contribution in [0, 0.1) is 0 Å². The number of para-hydroxylation sites is 1. The molecule has 0 bridgehead atoms. The van der Waals surface area contributed by atoms with Crippen LogP contribution in [0.2, 0.25) is 5.02 Å². The summed E-state index contributed by atoms with van der Waals surface area (Å²) in [5.74, 6) is -0.428. The van der Waals surface area contributed by atoms with Crippen molar-refractivity contribution in [2.24, 2.45) is 0 Å². The minimum absolute atomic E-state index is 0.134. The molecule has 0 fully saturated rings. The molecule has 2 amide bonds. The van der Waals surface area contributed by atoms with Crippen molar-refractivity contribution < 1.29 is 9.59 Å². The Labute approximate surface area is 165 Å². The first-order valence-corrected chi connectivity index (χ1v) is 9.34. The van der Waals surface area contributed by atoms with E-state index in [4.69, 9.17) is 11.6 Å². The molecule has 3 rings (SSSR count). The minimum Gasteiger partial charge on any atom is -0.322 e. The average Bonchev–Trinajstić information content (AvgIpc) is 3.09. The smallest absolute Gasteiger partial charge is 0.248 e. The van der Waals surface area contributed by atoms with Gasteiger partial charge >= 0.3 is 0 Å². The highest BCUT2D eigenvalue weighted by molar-refractivity contribution is 7.14. The molecule has 1 aromatic heterocycles. The first-order chi connectivity index (χ1) is 13.0. The number of hydrogen-bond acceptors (Lipinski definition) is 4. The van der Waals surface area contributed by atoms with E-state index < -0.39 is 0 Å². The molecule has 1 N–H and O–H groups in total. The Kier molecular flexibility index (Phi) is 6.01. The van der Waals surface area contributed by atoms with Gasteiger partial charge in [0.2, 0.25) is 11.8 Å². The van der Waals surface area contributed by atoms with E-state index in [0.717, 1.165) is 5.69 Å². The molecule has 0 atom stereocenters. The van der Waals surface area contributed by atoms with Gasteiger partial charge in [-0.1, -0.05) is 35.9 Å². The van der Waals surface area contributed by atoms with Crippen molar-refractivity contribution in [1.29, 1.82) is 0 Å². The largest absolute Gasteiger partial charge is 0.322 e. The summed E-state index contributed by atoms with van der Waals surface area (Å²) in [5.41, 5.74) is 1.95. The number of amides is 2. The number of rotatable bonds is 5. The topological polar surface area (TPSA) is 62.3 Å². The molecule has 7 heteroatoms. The van der Waals surface area contributed by atoms with Gasteiger partial charge in [0.1, 0.15) is 0 Å². The minimum atomic E-state index is -0.293. The number of benzene rings is 2. The zero-order valence-corrected chi connectivity index (χ0v) is 16.0. The Hall–Kier alpha value is -2.96. The first-order valence-electron chi connectivity index (χ1n) is 8.09. The normalized spacial score (nSPS) is 10.7. The lowest BCUT2D eigenvalue weighted by molar-refractivity contribution is -0.116. The Morgan fingerprint density at radius 1 is 1.15 bits per heavy atom. The lowest BCUT2D eigenvalue weighted by Gasteiger charge is -2.17. The lowest BCUT2D eigenvalue weighted by Crippen LogP contribution is -2.22. The fraction of sp³-hybridized carbons (Fsp3) is 0.0500. The molecule has 0 aliphatic heterocycles. The molecule has 0 aliphatic carbocycles. The molecule has 1 heterocycles. The maximum absolute atomic E-state index is 12.1. The number of aromatic nitrogens is 1. The number of carbonyl (C=O) groups is 2. The van der Waals surface area contributed by atoms with E-state index in [-0.39, 0.29) is 11.8 Å². The third kappa shape index (κ3) is 5.03. The lowest BCUT2D eigenvalue weighted by atomic mass is 10.3. The monoisotopic (exact) mass is 397 g/mol. The van der Waals surface area contributed by atoms with Gasteiger partial charge < -0.3 is 5.32 Å². The number of hydrogen-bond donors (Lipinski definition) is 1. The van der Waals surface area contributed by atoms with Crippen LogP contribution in [0.5, 0.6) is 0 Å². The van der Waals surface area contributed by atoms with Gasteiger partial charge in [-0.2, -0.15) is 0 Å². The van der Waals surface area contributed by atoms with Crippen LogP contribution < -0.4 is 10.2 Å². The predicted molar refractivity (Wildman–Crippen MR) is 110 cm³/mol. The molecule has 0 saturated heterocycles. The molecular weight excluding hydrogens is 382 g/mol. The summed E-state index contributed by atoms with van der Waals surface area (Å²) in [6.45, 7) is 1.49. The van der Waals surface area contributed by atoms with Gasteiger partial charge in [-0.15, -0.1) is 11.3 Å². The summed E-state index contributed by atoms with van der Waals surface area (Å²) in [5, 5.41) is 5.61. The summed E-state index contributed by atoms with van der Waals surface area (Å²) < 4.78 is 0. The van der Waals surface area contributed by atoms with Crippen molar-refractivity contribution in [2.45, 2.75) is 6.92 Å². The van der Waals surface area contributed by atoms with Crippen LogP contribution in [0.4, 0.5) is 16.5 Å². The van der Waals surface area contributed by atoms with Gasteiger partial charge in [0.15, 0.2) is 5.13 Å². The fourth-order valence-corrected chi connectivity index (χ4v) is 3.42. The quantitative estimate of drug-likeness (QED) is 0.607. The number of carbonyl (C=O) groups excluding carboxylic acids is 2. The second-order valence-electron chi connectivity index (χ2n) is 5.58. The summed E-state index contributed by atoms with van der Waals surface area (Å²) in [6.07, 6.45) is 2.99. The van der Waals surface area contributed by atoms with E-state index in [0.29, 0.717) is 21.5 Å². The Bertz CT molecular complexity index is 986. The van der Waals surface area contributed by atoms with Gasteiger partial charge in [0, 0.05) is 29.1 Å². The average molecular weight is 398 g/mol. The van der Waals surface area contributed by atoms with Crippen LogP contribution in [0.1, 0.15) is 12.6 Å². The standard InChI is InChI=1S/C20H16ClN3O2S/c1-14(25)24(18-8-3-2-4-9-18)20-23-17(13-27-20)10-11-19(26)22-16-7-5-6-15(21)12-16/h2-13H,1H3,(H,22,26). The third-order valence-corrected chi connectivity index (χ3v) is 4.61. The third-order valence-electron chi connectivity index (χ3n) is 3.53. The van der Waals surface area contributed by atoms with E-state index in [1.54, 1.807) is 35.7 Å². The Morgan fingerprint density at radius 2 is 1.93 bits per heavy atom. The zero-order valence-electron chi connectivity index (χ0n) is 14.4. The van der Waals surface area contributed by atoms with Crippen LogP contribution in [-0.4, -0.2) is 16.8 Å². The van der Waals surface area contributed by atoms with E-state index in [1.807, 2.05) is 30.3 Å². The van der Waals surface area contributed by atoms with Crippen molar-refractivity contribution in [3.05, 3.63) is 76.8 Å². The molecule has 136 valence electrons. The van der Waals surface area contributed by atoms with Crippen LogP contribution in [-0.2, 0) is 9.59 Å². The highest BCUT2D eigenvalue weighted by atomic mass is 35.5. The second-order valence-corrected chi connectivity index (χ2v) is 6.85. The first kappa shape index (κ1) is 18.8. The van der Waals surface area contributed by atoms with Crippen LogP contribution in [0.15, 0.2) is 66.1 Å². The van der Waals surface area contributed by atoms with Gasteiger partial charge in [-0.05, 0) is 36.4 Å². The summed E-state index contributed by atoms with van der Waals surface area (Å²) in [6, 6.07) is 16.2. The van der Waals surface area contributed by atoms with E-state index >= 15 is 0 Å². The molecule has 27 heavy (non-hydrogen) atoms. The SMILES string of the molecule is CC(=O)N(c1ccccc1)c1nc(C=CC(=O)Nc2cccc(Cl)c2)cs1. The van der Waals surface area contributed by atoms with Gasteiger partial charge in [-0.25, -0.2) is 4.98 Å². The van der Waals surface area contributed by atoms with E-state index in [2.05, 4.69) is 10.3 Å². The zero-order chi connectivity index (χ0) is 19.2. The Balaban J connectivity index is 1.72. The number of thiazole rings is 1. The number of halogens is 1. The second kappa shape index (κ2) is 8.62. The maximum Gasteiger partial charge on any atom is 0.248 e. The van der Waals surface area contributed by atoms with E-state index in [1.165, 1.54) is 29.2 Å². The number of nitrogens with zero attached hydrogens (tertiary/aromatic N) is 2.